The fourth-order valence-corrected chi connectivity index (χ4v) is 3.55. The number of nitrogens with zero attached hydrogens (tertiary/aromatic N) is 1. The van der Waals surface area contributed by atoms with Crippen molar-refractivity contribution < 1.29 is 26.7 Å². The molecule has 0 atom stereocenters. The van der Waals surface area contributed by atoms with Crippen LogP contribution in [0.5, 0.6) is 0 Å². The number of hydrogen-bond donors (Lipinski definition) is 0. The van der Waals surface area contributed by atoms with Crippen molar-refractivity contribution in [1.82, 2.24) is 4.90 Å². The Balaban J connectivity index is 1.51. The lowest BCUT2D eigenvalue weighted by Crippen LogP contribution is -2.25. The number of alkyl halides is 3. The average Bonchev–Trinajstić information content (AvgIpc) is 2.78. The molecule has 0 aliphatic rings. The zero-order chi connectivity index (χ0) is 23.8. The predicted molar refractivity (Wildman–Crippen MR) is 118 cm³/mol. The first-order valence-corrected chi connectivity index (χ1v) is 10.7. The molecule has 0 aliphatic carbocycles. The number of aryl methyl sites for hydroxylation is 1. The number of ether oxygens (including phenoxy) is 1. The molecule has 3 rings (SSSR count). The van der Waals surface area contributed by atoms with Crippen LogP contribution in [0.2, 0.25) is 0 Å². The molecule has 0 N–H and O–H groups in total. The molecule has 2 nitrogen and oxygen atoms in total. The SMILES string of the molecule is CN(CCCc1cccc(C(F)(F)F)c1)CCOC(c1ccc(F)cc1)c1ccc(F)cc1. The minimum absolute atomic E-state index is 0.350. The fraction of sp³-hybridized carbons (Fsp3) is 0.308. The van der Waals surface area contributed by atoms with Gasteiger partial charge in [-0.3, -0.25) is 0 Å². The van der Waals surface area contributed by atoms with Gasteiger partial charge in [0.15, 0.2) is 0 Å². The third-order valence-electron chi connectivity index (χ3n) is 5.36. The maximum atomic E-state index is 13.3. The van der Waals surface area contributed by atoms with Gasteiger partial charge >= 0.3 is 6.18 Å². The predicted octanol–water partition coefficient (Wildman–Crippen LogP) is 6.65. The third-order valence-corrected chi connectivity index (χ3v) is 5.36. The van der Waals surface area contributed by atoms with E-state index in [9.17, 15) is 22.0 Å². The minimum atomic E-state index is -4.34. The van der Waals surface area contributed by atoms with Gasteiger partial charge < -0.3 is 9.64 Å². The van der Waals surface area contributed by atoms with Gasteiger partial charge in [-0.1, -0.05) is 42.5 Å². The van der Waals surface area contributed by atoms with Crippen LogP contribution in [0.4, 0.5) is 22.0 Å². The number of hydrogen-bond acceptors (Lipinski definition) is 2. The summed E-state index contributed by atoms with van der Waals surface area (Å²) >= 11 is 0. The molecule has 176 valence electrons. The first-order chi connectivity index (χ1) is 15.7. The van der Waals surface area contributed by atoms with E-state index >= 15 is 0 Å². The first kappa shape index (κ1) is 24.9. The lowest BCUT2D eigenvalue weighted by Gasteiger charge is -2.22. The van der Waals surface area contributed by atoms with Gasteiger partial charge in [-0.25, -0.2) is 8.78 Å². The third kappa shape index (κ3) is 7.65. The lowest BCUT2D eigenvalue weighted by atomic mass is 10.0. The normalized spacial score (nSPS) is 12.0. The van der Waals surface area contributed by atoms with E-state index in [0.717, 1.165) is 17.2 Å². The molecule has 0 bridgehead atoms. The summed E-state index contributed by atoms with van der Waals surface area (Å²) in [6.07, 6.45) is -3.56. The number of likely N-dealkylation sites (N-methyl/N-ethyl adjacent to an activating group) is 1. The van der Waals surface area contributed by atoms with Crippen LogP contribution < -0.4 is 0 Å². The van der Waals surface area contributed by atoms with Gasteiger partial charge in [-0.2, -0.15) is 13.2 Å². The molecule has 0 heterocycles. The molecule has 0 unspecified atom stereocenters. The Labute approximate surface area is 190 Å². The zero-order valence-electron chi connectivity index (χ0n) is 18.3. The highest BCUT2D eigenvalue weighted by atomic mass is 19.4. The van der Waals surface area contributed by atoms with Crippen LogP contribution in [0, 0.1) is 11.6 Å². The molecule has 0 saturated carbocycles. The van der Waals surface area contributed by atoms with Gasteiger partial charge in [0.1, 0.15) is 17.7 Å². The van der Waals surface area contributed by atoms with Crippen LogP contribution in [0.25, 0.3) is 0 Å². The van der Waals surface area contributed by atoms with Crippen molar-refractivity contribution in [3.63, 3.8) is 0 Å². The Hall–Kier alpha value is -2.77. The molecule has 33 heavy (non-hydrogen) atoms. The van der Waals surface area contributed by atoms with Crippen LogP contribution in [-0.4, -0.2) is 31.6 Å². The van der Waals surface area contributed by atoms with Crippen molar-refractivity contribution in [2.24, 2.45) is 0 Å². The van der Waals surface area contributed by atoms with E-state index in [1.165, 1.54) is 36.4 Å². The summed E-state index contributed by atoms with van der Waals surface area (Å²) in [6.45, 7) is 1.67. The van der Waals surface area contributed by atoms with E-state index < -0.39 is 17.8 Å². The number of halogens is 5. The van der Waals surface area contributed by atoms with Gasteiger partial charge in [-0.05, 0) is 73.5 Å². The topological polar surface area (TPSA) is 12.5 Å². The Morgan fingerprint density at radius 1 is 0.818 bits per heavy atom. The summed E-state index contributed by atoms with van der Waals surface area (Å²) in [5.74, 6) is -0.700. The lowest BCUT2D eigenvalue weighted by molar-refractivity contribution is -0.137. The highest BCUT2D eigenvalue weighted by Gasteiger charge is 2.30. The highest BCUT2D eigenvalue weighted by molar-refractivity contribution is 5.30. The Bertz CT molecular complexity index is 957. The number of rotatable bonds is 10. The van der Waals surface area contributed by atoms with Gasteiger partial charge in [-0.15, -0.1) is 0 Å². The first-order valence-electron chi connectivity index (χ1n) is 10.7. The van der Waals surface area contributed by atoms with Gasteiger partial charge in [0.25, 0.3) is 0 Å². The molecule has 7 heteroatoms. The maximum absolute atomic E-state index is 13.3. The molecule has 0 radical (unpaired) electrons. The van der Waals surface area contributed by atoms with Gasteiger partial charge in [0, 0.05) is 6.54 Å². The second kappa shape index (κ2) is 11.4. The van der Waals surface area contributed by atoms with Crippen molar-refractivity contribution in [1.29, 1.82) is 0 Å². The Morgan fingerprint density at radius 3 is 1.94 bits per heavy atom. The number of benzene rings is 3. The van der Waals surface area contributed by atoms with E-state index in [-0.39, 0.29) is 11.6 Å². The Kier molecular flexibility index (Phi) is 8.58. The second-order valence-electron chi connectivity index (χ2n) is 7.96. The van der Waals surface area contributed by atoms with E-state index in [2.05, 4.69) is 0 Å². The molecule has 0 spiro atoms. The molecule has 0 saturated heterocycles. The summed E-state index contributed by atoms with van der Waals surface area (Å²) in [4.78, 5) is 2.04. The Morgan fingerprint density at radius 2 is 1.39 bits per heavy atom. The van der Waals surface area contributed by atoms with E-state index in [1.54, 1.807) is 30.3 Å². The van der Waals surface area contributed by atoms with Crippen LogP contribution in [0.15, 0.2) is 72.8 Å². The molecular formula is C26H26F5NO. The fourth-order valence-electron chi connectivity index (χ4n) is 3.55. The monoisotopic (exact) mass is 463 g/mol. The van der Waals surface area contributed by atoms with Crippen molar-refractivity contribution in [3.8, 4) is 0 Å². The molecule has 0 fully saturated rings. The largest absolute Gasteiger partial charge is 0.416 e. The summed E-state index contributed by atoms with van der Waals surface area (Å²) < 4.78 is 71.3. The quantitative estimate of drug-likeness (QED) is 0.312. The molecule has 0 aromatic heterocycles. The molecule has 0 aliphatic heterocycles. The van der Waals surface area contributed by atoms with Crippen molar-refractivity contribution in [3.05, 3.63) is 107 Å². The van der Waals surface area contributed by atoms with Crippen LogP contribution >= 0.6 is 0 Å². The maximum Gasteiger partial charge on any atom is 0.416 e. The van der Waals surface area contributed by atoms with Gasteiger partial charge in [0.05, 0.1) is 12.2 Å². The molecule has 3 aromatic carbocycles. The highest BCUT2D eigenvalue weighted by Crippen LogP contribution is 2.30. The minimum Gasteiger partial charge on any atom is -0.367 e. The average molecular weight is 463 g/mol. The van der Waals surface area contributed by atoms with Crippen LogP contribution in [0.1, 0.15) is 34.8 Å². The van der Waals surface area contributed by atoms with Crippen molar-refractivity contribution in [2.75, 3.05) is 26.7 Å². The van der Waals surface area contributed by atoms with Crippen LogP contribution in [0.3, 0.4) is 0 Å². The molecule has 0 amide bonds. The van der Waals surface area contributed by atoms with E-state index in [1.807, 2.05) is 11.9 Å². The van der Waals surface area contributed by atoms with Crippen LogP contribution in [-0.2, 0) is 17.3 Å². The second-order valence-corrected chi connectivity index (χ2v) is 7.96. The zero-order valence-corrected chi connectivity index (χ0v) is 18.3. The summed E-state index contributed by atoms with van der Waals surface area (Å²) in [6, 6.07) is 17.4. The van der Waals surface area contributed by atoms with Gasteiger partial charge in [0.2, 0.25) is 0 Å². The summed E-state index contributed by atoms with van der Waals surface area (Å²) in [5.41, 5.74) is 1.54. The summed E-state index contributed by atoms with van der Waals surface area (Å²) in [5, 5.41) is 0. The molecule has 3 aromatic rings. The molecular weight excluding hydrogens is 437 g/mol. The standard InChI is InChI=1S/C26H26F5NO/c1-32(15-3-5-19-4-2-6-22(18-19)26(29,30)31)16-17-33-25(20-7-11-23(27)12-8-20)21-9-13-24(28)14-10-21/h2,4,6-14,18,25H,3,5,15-17H2,1H3. The van der Waals surface area contributed by atoms with E-state index in [0.29, 0.717) is 38.1 Å². The van der Waals surface area contributed by atoms with Crippen molar-refractivity contribution >= 4 is 0 Å². The van der Waals surface area contributed by atoms with E-state index in [4.69, 9.17) is 4.74 Å². The van der Waals surface area contributed by atoms with Crippen molar-refractivity contribution in [2.45, 2.75) is 25.1 Å². The smallest absolute Gasteiger partial charge is 0.367 e. The summed E-state index contributed by atoms with van der Waals surface area (Å²) in [7, 11) is 1.92.